The Morgan fingerprint density at radius 1 is 1.31 bits per heavy atom. The van der Waals surface area contributed by atoms with Crippen LogP contribution < -0.4 is 15.4 Å². The lowest BCUT2D eigenvalue weighted by Crippen LogP contribution is -2.46. The third kappa shape index (κ3) is 7.09. The number of alkyl halides is 4. The van der Waals surface area contributed by atoms with E-state index in [4.69, 9.17) is 8.85 Å². The predicted molar refractivity (Wildman–Crippen MR) is 143 cm³/mol. The van der Waals surface area contributed by atoms with Gasteiger partial charge in [0.05, 0.1) is 36.0 Å². The summed E-state index contributed by atoms with van der Waals surface area (Å²) in [7, 11) is -2.10. The van der Waals surface area contributed by atoms with Crippen LogP contribution in [-0.4, -0.2) is 80.4 Å². The van der Waals surface area contributed by atoms with Crippen LogP contribution in [0.2, 0.25) is 0 Å². The molecule has 0 unspecified atom stereocenters. The summed E-state index contributed by atoms with van der Waals surface area (Å²) in [4.78, 5) is 5.45. The van der Waals surface area contributed by atoms with Gasteiger partial charge in [0.2, 0.25) is 0 Å². The molecule has 14 heteroatoms. The number of imidazole rings is 1. The third-order valence-electron chi connectivity index (χ3n) is 5.88. The Morgan fingerprint density at radius 3 is 2.77 bits per heavy atom. The molecule has 3 aromatic rings. The molecule has 8 nitrogen and oxygen atoms in total. The van der Waals surface area contributed by atoms with Crippen LogP contribution >= 0.6 is 11.8 Å². The molecule has 1 aromatic carbocycles. The van der Waals surface area contributed by atoms with Crippen molar-refractivity contribution >= 4 is 38.6 Å². The molecule has 39 heavy (non-hydrogen) atoms. The monoisotopic (exact) mass is 588 g/mol. The van der Waals surface area contributed by atoms with Crippen LogP contribution in [0.25, 0.3) is 5.65 Å². The molecule has 0 bridgehead atoms. The number of fused-ring (bicyclic) bond motifs is 1. The lowest BCUT2D eigenvalue weighted by molar-refractivity contribution is -0.0329. The number of ether oxygens (including phenoxy) is 1. The van der Waals surface area contributed by atoms with Crippen molar-refractivity contribution in [3.8, 4) is 17.6 Å². The number of likely N-dealkylation sites (tertiary alicyclic amines) is 1. The summed E-state index contributed by atoms with van der Waals surface area (Å²) in [5.41, 5.74) is -3.99. The highest BCUT2D eigenvalue weighted by Crippen LogP contribution is 2.39. The van der Waals surface area contributed by atoms with Gasteiger partial charge >= 0.3 is 5.51 Å². The van der Waals surface area contributed by atoms with Crippen molar-refractivity contribution in [2.75, 3.05) is 50.6 Å². The fourth-order valence-electron chi connectivity index (χ4n) is 4.03. The van der Waals surface area contributed by atoms with Gasteiger partial charge in [0.25, 0.3) is 0 Å². The lowest BCUT2D eigenvalue weighted by Gasteiger charge is -2.33. The molecule has 2 N–H and O–H groups in total. The van der Waals surface area contributed by atoms with Crippen molar-refractivity contribution in [3.63, 3.8) is 0 Å². The zero-order chi connectivity index (χ0) is 30.9. The fraction of sp³-hybridized carbons (Fsp3) is 0.400. The second-order valence-corrected chi connectivity index (χ2v) is 11.8. The van der Waals surface area contributed by atoms with Crippen molar-refractivity contribution in [1.29, 1.82) is 0 Å². The van der Waals surface area contributed by atoms with Crippen molar-refractivity contribution in [3.05, 3.63) is 42.2 Å². The molecule has 0 aliphatic carbocycles. The van der Waals surface area contributed by atoms with E-state index in [2.05, 4.69) is 27.5 Å². The number of methoxy groups -OCH3 is 1. The van der Waals surface area contributed by atoms with Gasteiger partial charge in [-0.15, -0.1) is 0 Å². The van der Waals surface area contributed by atoms with E-state index in [0.29, 0.717) is 5.69 Å². The largest absolute Gasteiger partial charge is 0.495 e. The summed E-state index contributed by atoms with van der Waals surface area (Å²) in [5, 5.41) is 5.65. The molecule has 4 rings (SSSR count). The minimum atomic E-state index is -4.64. The number of anilines is 2. The fourth-order valence-corrected chi connectivity index (χ4v) is 5.32. The first-order valence-corrected chi connectivity index (χ1v) is 14.3. The first-order valence-electron chi connectivity index (χ1n) is 13.1. The molecule has 1 aliphatic rings. The van der Waals surface area contributed by atoms with Gasteiger partial charge in [-0.05, 0) is 43.6 Å². The Hall–Kier alpha value is -3.15. The van der Waals surface area contributed by atoms with Gasteiger partial charge in [0.1, 0.15) is 22.6 Å². The van der Waals surface area contributed by atoms with Crippen LogP contribution in [0.4, 0.5) is 28.9 Å². The predicted octanol–water partition coefficient (Wildman–Crippen LogP) is 4.28. The van der Waals surface area contributed by atoms with E-state index >= 15 is 0 Å². The van der Waals surface area contributed by atoms with E-state index in [-0.39, 0.29) is 70.5 Å². The molecular weight excluding hydrogens is 558 g/mol. The molecule has 2 aromatic heterocycles. The highest BCUT2D eigenvalue weighted by molar-refractivity contribution is 8.00. The molecule has 0 spiro atoms. The number of benzene rings is 1. The Morgan fingerprint density at radius 2 is 2.10 bits per heavy atom. The first kappa shape index (κ1) is 24.9. The quantitative estimate of drug-likeness (QED) is 0.240. The zero-order valence-electron chi connectivity index (χ0n) is 23.8. The van der Waals surface area contributed by atoms with Gasteiger partial charge in [0, 0.05) is 47.5 Å². The van der Waals surface area contributed by atoms with Gasteiger partial charge in [-0.25, -0.2) is 17.8 Å². The van der Waals surface area contributed by atoms with Crippen LogP contribution in [0, 0.1) is 11.8 Å². The number of aromatic nitrogens is 2. The lowest BCUT2D eigenvalue weighted by atomic mass is 10.0. The third-order valence-corrected chi connectivity index (χ3v) is 7.80. The summed E-state index contributed by atoms with van der Waals surface area (Å²) in [5.74, 6) is 5.63. The van der Waals surface area contributed by atoms with E-state index in [1.165, 1.54) is 42.0 Å². The Kier molecular flexibility index (Phi) is 7.35. The zero-order valence-corrected chi connectivity index (χ0v) is 22.5. The molecule has 0 saturated carbocycles. The molecule has 0 amide bonds. The first-order chi connectivity index (χ1) is 19.6. The second-order valence-electron chi connectivity index (χ2n) is 8.72. The van der Waals surface area contributed by atoms with Gasteiger partial charge in [0.15, 0.2) is 15.5 Å². The van der Waals surface area contributed by atoms with Crippen LogP contribution in [0.3, 0.4) is 0 Å². The number of pyridine rings is 1. The minimum absolute atomic E-state index is 0.0325. The average molecular weight is 589 g/mol. The topological polar surface area (TPSA) is 88.0 Å². The SMILES string of the molecule is [2H]C([2H])([2H])N1CC[C@@H](Nc2cccn3c(SC(F)(F)F)c(C#CCNc4ccc(S(C)(=O)=O)cc4OC)nc23)[C@@H](F)C1. The normalized spacial score (nSPS) is 19.9. The molecule has 3 heterocycles. The smallest absolute Gasteiger partial charge is 0.447 e. The molecular formula is C25H27F4N5O3S2. The number of rotatable bonds is 7. The van der Waals surface area contributed by atoms with E-state index in [1.807, 2.05) is 0 Å². The number of hydrogen-bond acceptors (Lipinski definition) is 8. The number of thioether (sulfide) groups is 1. The number of halogens is 4. The van der Waals surface area contributed by atoms with Gasteiger partial charge in [-0.3, -0.25) is 4.40 Å². The summed E-state index contributed by atoms with van der Waals surface area (Å²) in [6, 6.07) is 6.50. The summed E-state index contributed by atoms with van der Waals surface area (Å²) >= 11 is -0.384. The Balaban J connectivity index is 1.59. The summed E-state index contributed by atoms with van der Waals surface area (Å²) in [6.07, 6.45) is 1.08. The Bertz CT molecular complexity index is 1620. The van der Waals surface area contributed by atoms with Crippen LogP contribution in [0.1, 0.15) is 16.2 Å². The van der Waals surface area contributed by atoms with Gasteiger partial charge in [-0.2, -0.15) is 13.2 Å². The second kappa shape index (κ2) is 11.5. The maximum absolute atomic E-state index is 14.9. The average Bonchev–Trinajstić information content (AvgIpc) is 3.23. The number of nitrogens with zero attached hydrogens (tertiary/aromatic N) is 3. The van der Waals surface area contributed by atoms with E-state index in [9.17, 15) is 26.0 Å². The van der Waals surface area contributed by atoms with Crippen LogP contribution in [-0.2, 0) is 9.84 Å². The maximum Gasteiger partial charge on any atom is 0.447 e. The van der Waals surface area contributed by atoms with E-state index < -0.39 is 34.5 Å². The standard InChI is InChI=1S/C25H27F4N5O3S2/c1-33-13-10-18(17(26)15-33)31-20-7-5-12-34-23(20)32-21(24(34)38-25(27,28)29)6-4-11-30-19-9-8-16(39(3,35)36)14-22(19)37-2/h5,7-9,12,14,17-18,30-31H,10-11,13,15H2,1-3H3/t17-,18+/m0/s1/i1D3. The van der Waals surface area contributed by atoms with Gasteiger partial charge < -0.3 is 20.3 Å². The van der Waals surface area contributed by atoms with Crippen molar-refractivity contribution < 1.29 is 34.8 Å². The maximum atomic E-state index is 14.9. The van der Waals surface area contributed by atoms with Gasteiger partial charge in [-0.1, -0.05) is 5.92 Å². The molecule has 210 valence electrons. The number of piperidine rings is 1. The van der Waals surface area contributed by atoms with Crippen molar-refractivity contribution in [1.82, 2.24) is 14.3 Å². The minimum Gasteiger partial charge on any atom is -0.495 e. The number of nitrogens with one attached hydrogen (secondary N) is 2. The van der Waals surface area contributed by atoms with Crippen molar-refractivity contribution in [2.24, 2.45) is 0 Å². The molecule has 2 atom stereocenters. The highest BCUT2D eigenvalue weighted by atomic mass is 32.2. The number of sulfone groups is 1. The van der Waals surface area contributed by atoms with E-state index in [0.717, 1.165) is 11.2 Å². The summed E-state index contributed by atoms with van der Waals surface area (Å²) in [6.45, 7) is -2.65. The number of hydrogen-bond donors (Lipinski definition) is 2. The molecule has 1 fully saturated rings. The van der Waals surface area contributed by atoms with Crippen LogP contribution in [0.5, 0.6) is 5.75 Å². The highest BCUT2D eigenvalue weighted by Gasteiger charge is 2.33. The Labute approximate surface area is 232 Å². The van der Waals surface area contributed by atoms with Crippen LogP contribution in [0.15, 0.2) is 46.5 Å². The van der Waals surface area contributed by atoms with Crippen molar-refractivity contribution in [2.45, 2.75) is 34.1 Å². The molecule has 1 aliphatic heterocycles. The summed E-state index contributed by atoms with van der Waals surface area (Å²) < 4.78 is 108. The molecule has 1 saturated heterocycles. The molecule has 0 radical (unpaired) electrons. The van der Waals surface area contributed by atoms with E-state index in [1.54, 1.807) is 6.07 Å².